The average molecular weight is 342 g/mol. The van der Waals surface area contributed by atoms with E-state index in [2.05, 4.69) is 10.1 Å². The fourth-order valence-electron chi connectivity index (χ4n) is 2.29. The Morgan fingerprint density at radius 3 is 3.05 bits per heavy atom. The van der Waals surface area contributed by atoms with Crippen LogP contribution in [0.2, 0.25) is 5.02 Å². The summed E-state index contributed by atoms with van der Waals surface area (Å²) in [6.07, 6.45) is 0.695. The molecule has 0 saturated carbocycles. The van der Waals surface area contributed by atoms with Crippen molar-refractivity contribution < 1.29 is 13.7 Å². The maximum atomic E-state index is 13.5. The predicted octanol–water partition coefficient (Wildman–Crippen LogP) is 3.21. The third kappa shape index (κ3) is 3.10. The summed E-state index contributed by atoms with van der Waals surface area (Å²) in [5.74, 6) is 1.00. The van der Waals surface area contributed by atoms with E-state index in [0.29, 0.717) is 36.1 Å². The molecule has 2 aromatic rings. The highest BCUT2D eigenvalue weighted by Crippen LogP contribution is 2.31. The molecule has 1 atom stereocenters. The Hall–Kier alpha value is -1.60. The van der Waals surface area contributed by atoms with Crippen LogP contribution in [0.4, 0.5) is 10.1 Å². The van der Waals surface area contributed by atoms with E-state index in [-0.39, 0.29) is 16.2 Å². The van der Waals surface area contributed by atoms with Crippen molar-refractivity contribution in [2.75, 3.05) is 11.4 Å². The van der Waals surface area contributed by atoms with Crippen LogP contribution in [0.5, 0.6) is 0 Å². The molecule has 8 heteroatoms. The van der Waals surface area contributed by atoms with E-state index in [0.717, 1.165) is 0 Å². The largest absolute Gasteiger partial charge is 0.338 e. The molecule has 2 heterocycles. The van der Waals surface area contributed by atoms with Gasteiger partial charge in [0.2, 0.25) is 11.8 Å². The van der Waals surface area contributed by atoms with Crippen molar-refractivity contribution in [1.82, 2.24) is 10.1 Å². The Labute approximate surface area is 135 Å². The lowest BCUT2D eigenvalue weighted by atomic mass is 10.3. The molecule has 1 saturated heterocycles. The Kier molecular flexibility index (Phi) is 4.35. The molecule has 1 aromatic carbocycles. The highest BCUT2D eigenvalue weighted by Gasteiger charge is 2.33. The van der Waals surface area contributed by atoms with Gasteiger partial charge in [-0.3, -0.25) is 4.79 Å². The molecule has 1 aromatic heterocycles. The van der Waals surface area contributed by atoms with Crippen molar-refractivity contribution in [1.29, 1.82) is 0 Å². The number of amides is 1. The summed E-state index contributed by atoms with van der Waals surface area (Å²) >= 11 is 7.12. The van der Waals surface area contributed by atoms with E-state index in [1.165, 1.54) is 23.9 Å². The summed E-state index contributed by atoms with van der Waals surface area (Å²) in [5, 5.41) is 3.57. The number of carbonyl (C=O) groups excluding carboxylic acids is 1. The number of halogens is 2. The molecule has 0 spiro atoms. The van der Waals surface area contributed by atoms with Crippen molar-refractivity contribution in [3.05, 3.63) is 40.8 Å². The van der Waals surface area contributed by atoms with Crippen LogP contribution in [0.1, 0.15) is 18.1 Å². The maximum Gasteiger partial charge on any atom is 0.240 e. The topological polar surface area (TPSA) is 59.2 Å². The first-order valence-corrected chi connectivity index (χ1v) is 8.14. The van der Waals surface area contributed by atoms with Gasteiger partial charge >= 0.3 is 0 Å². The zero-order valence-electron chi connectivity index (χ0n) is 11.8. The highest BCUT2D eigenvalue weighted by molar-refractivity contribution is 7.99. The minimum Gasteiger partial charge on any atom is -0.338 e. The van der Waals surface area contributed by atoms with Gasteiger partial charge < -0.3 is 9.42 Å². The van der Waals surface area contributed by atoms with Gasteiger partial charge in [-0.2, -0.15) is 4.98 Å². The van der Waals surface area contributed by atoms with Gasteiger partial charge in [0.15, 0.2) is 5.82 Å². The molecule has 1 amide bonds. The lowest BCUT2D eigenvalue weighted by molar-refractivity contribution is -0.116. The molecule has 1 aliphatic heterocycles. The minimum absolute atomic E-state index is 0.0389. The lowest BCUT2D eigenvalue weighted by Crippen LogP contribution is -2.28. The predicted molar refractivity (Wildman–Crippen MR) is 82.5 cm³/mol. The van der Waals surface area contributed by atoms with Crippen LogP contribution in [0, 0.1) is 12.7 Å². The number of nitrogens with zero attached hydrogens (tertiary/aromatic N) is 3. The smallest absolute Gasteiger partial charge is 0.240 e. The number of rotatable bonds is 4. The van der Waals surface area contributed by atoms with Crippen LogP contribution in [0.15, 0.2) is 22.7 Å². The molecule has 0 bridgehead atoms. The summed E-state index contributed by atoms with van der Waals surface area (Å²) in [4.78, 5) is 18.1. The van der Waals surface area contributed by atoms with Crippen LogP contribution in [0.25, 0.3) is 0 Å². The Bertz CT molecular complexity index is 709. The number of carbonyl (C=O) groups is 1. The molecule has 3 rings (SSSR count). The second kappa shape index (κ2) is 6.26. The average Bonchev–Trinajstić information content (AvgIpc) is 3.06. The molecular weight excluding hydrogens is 329 g/mol. The van der Waals surface area contributed by atoms with Crippen LogP contribution >= 0.6 is 23.4 Å². The lowest BCUT2D eigenvalue weighted by Gasteiger charge is -2.16. The first kappa shape index (κ1) is 15.3. The standard InChI is InChI=1S/C14H13ClFN3O2S/c1-8-17-13(21-18-8)7-22-12-4-5-19(14(12)20)9-2-3-10(15)11(16)6-9/h2-3,6,12H,4-5,7H2,1H3/t12-/m0/s1. The number of benzene rings is 1. The summed E-state index contributed by atoms with van der Waals surface area (Å²) in [6.45, 7) is 2.30. The first-order valence-electron chi connectivity index (χ1n) is 6.72. The van der Waals surface area contributed by atoms with Gasteiger partial charge in [0.25, 0.3) is 0 Å². The summed E-state index contributed by atoms with van der Waals surface area (Å²) < 4.78 is 18.6. The summed E-state index contributed by atoms with van der Waals surface area (Å²) in [5.41, 5.74) is 0.531. The summed E-state index contributed by atoms with van der Waals surface area (Å²) in [7, 11) is 0. The fourth-order valence-corrected chi connectivity index (χ4v) is 3.41. The molecule has 116 valence electrons. The molecule has 1 aliphatic rings. The molecule has 0 radical (unpaired) electrons. The highest BCUT2D eigenvalue weighted by atomic mass is 35.5. The van der Waals surface area contributed by atoms with E-state index in [1.807, 2.05) is 0 Å². The molecule has 0 aliphatic carbocycles. The van der Waals surface area contributed by atoms with Crippen LogP contribution in [0.3, 0.4) is 0 Å². The van der Waals surface area contributed by atoms with Gasteiger partial charge in [0.1, 0.15) is 5.82 Å². The normalized spacial score (nSPS) is 18.2. The number of anilines is 1. The third-order valence-corrected chi connectivity index (χ3v) is 4.91. The van der Waals surface area contributed by atoms with Crippen molar-refractivity contribution in [3.8, 4) is 0 Å². The fraction of sp³-hybridized carbons (Fsp3) is 0.357. The molecule has 0 N–H and O–H groups in total. The Balaban J connectivity index is 1.65. The molecule has 1 fully saturated rings. The van der Waals surface area contributed by atoms with Crippen molar-refractivity contribution in [3.63, 3.8) is 0 Å². The van der Waals surface area contributed by atoms with Gasteiger partial charge in [0.05, 0.1) is 16.0 Å². The van der Waals surface area contributed by atoms with Crippen molar-refractivity contribution in [2.45, 2.75) is 24.3 Å². The maximum absolute atomic E-state index is 13.5. The molecule has 0 unspecified atom stereocenters. The molecule has 5 nitrogen and oxygen atoms in total. The number of aryl methyl sites for hydroxylation is 1. The Morgan fingerprint density at radius 2 is 2.36 bits per heavy atom. The summed E-state index contributed by atoms with van der Waals surface area (Å²) in [6, 6.07) is 4.40. The number of thioether (sulfide) groups is 1. The van der Waals surface area contributed by atoms with Gasteiger partial charge in [-0.1, -0.05) is 16.8 Å². The van der Waals surface area contributed by atoms with Gasteiger partial charge in [-0.15, -0.1) is 11.8 Å². The van der Waals surface area contributed by atoms with Crippen LogP contribution < -0.4 is 4.90 Å². The minimum atomic E-state index is -0.524. The second-order valence-electron chi connectivity index (χ2n) is 4.91. The third-order valence-electron chi connectivity index (χ3n) is 3.35. The SMILES string of the molecule is Cc1noc(CS[C@H]2CCN(c3ccc(Cl)c(F)c3)C2=O)n1. The van der Waals surface area contributed by atoms with E-state index in [1.54, 1.807) is 17.9 Å². The number of hydrogen-bond donors (Lipinski definition) is 0. The van der Waals surface area contributed by atoms with Crippen LogP contribution in [-0.2, 0) is 10.5 Å². The molecular formula is C14H13ClFN3O2S. The van der Waals surface area contributed by atoms with Gasteiger partial charge in [-0.25, -0.2) is 4.39 Å². The van der Waals surface area contributed by atoms with Gasteiger partial charge in [-0.05, 0) is 31.5 Å². The van der Waals surface area contributed by atoms with Gasteiger partial charge in [0, 0.05) is 12.2 Å². The van der Waals surface area contributed by atoms with E-state index in [9.17, 15) is 9.18 Å². The van der Waals surface area contributed by atoms with E-state index in [4.69, 9.17) is 16.1 Å². The first-order chi connectivity index (χ1) is 10.5. The zero-order valence-corrected chi connectivity index (χ0v) is 13.3. The zero-order chi connectivity index (χ0) is 15.7. The quantitative estimate of drug-likeness (QED) is 0.854. The number of aromatic nitrogens is 2. The number of hydrogen-bond acceptors (Lipinski definition) is 5. The van der Waals surface area contributed by atoms with Crippen LogP contribution in [-0.4, -0.2) is 27.8 Å². The van der Waals surface area contributed by atoms with E-state index >= 15 is 0 Å². The monoisotopic (exact) mass is 341 g/mol. The van der Waals surface area contributed by atoms with Crippen molar-refractivity contribution >= 4 is 35.0 Å². The second-order valence-corrected chi connectivity index (χ2v) is 6.51. The molecule has 22 heavy (non-hydrogen) atoms. The van der Waals surface area contributed by atoms with Crippen molar-refractivity contribution in [2.24, 2.45) is 0 Å². The Morgan fingerprint density at radius 1 is 1.55 bits per heavy atom. The van der Waals surface area contributed by atoms with E-state index < -0.39 is 5.82 Å².